The number of aryl methyl sites for hydroxylation is 1. The summed E-state index contributed by atoms with van der Waals surface area (Å²) in [5.74, 6) is -0.380. The number of nitrogens with one attached hydrogen (secondary N) is 2. The fourth-order valence-electron chi connectivity index (χ4n) is 4.00. The number of nitrogens with zero attached hydrogens (tertiary/aromatic N) is 3. The number of aromatic nitrogens is 2. The van der Waals surface area contributed by atoms with Crippen molar-refractivity contribution in [1.82, 2.24) is 15.5 Å². The molecule has 8 nitrogen and oxygen atoms in total. The van der Waals surface area contributed by atoms with Gasteiger partial charge >= 0.3 is 0 Å². The molecule has 2 aromatic heterocycles. The average molecular weight is 476 g/mol. The van der Waals surface area contributed by atoms with E-state index in [2.05, 4.69) is 25.7 Å². The molecule has 0 atom stereocenters. The third-order valence-corrected chi connectivity index (χ3v) is 5.99. The smallest absolute Gasteiger partial charge is 0.289 e. The van der Waals surface area contributed by atoms with Crippen LogP contribution in [0.1, 0.15) is 66.5 Å². The molecule has 1 aliphatic rings. The number of hydrogen-bond acceptors (Lipinski definition) is 6. The number of amides is 2. The molecule has 2 N–H and O–H groups in total. The second-order valence-corrected chi connectivity index (χ2v) is 10.3. The fraction of sp³-hybridized carbons (Fsp3) is 0.407. The summed E-state index contributed by atoms with van der Waals surface area (Å²) in [5.41, 5.74) is 4.34. The zero-order chi connectivity index (χ0) is 25.0. The molecule has 1 aliphatic heterocycles. The van der Waals surface area contributed by atoms with Crippen molar-refractivity contribution in [2.45, 2.75) is 47.0 Å². The minimum Gasteiger partial charge on any atom is -0.370 e. The maximum absolute atomic E-state index is 13.0. The molecule has 1 fully saturated rings. The summed E-state index contributed by atoms with van der Waals surface area (Å²) >= 11 is 0. The molecule has 0 unspecified atom stereocenters. The van der Waals surface area contributed by atoms with Crippen molar-refractivity contribution in [3.05, 3.63) is 59.6 Å². The summed E-state index contributed by atoms with van der Waals surface area (Å²) < 4.78 is 5.30. The quantitative estimate of drug-likeness (QED) is 0.517. The normalized spacial score (nSPS) is 14.0. The summed E-state index contributed by atoms with van der Waals surface area (Å²) in [6, 6.07) is 9.10. The van der Waals surface area contributed by atoms with Crippen LogP contribution in [0.15, 0.2) is 47.2 Å². The highest BCUT2D eigenvalue weighted by atomic mass is 16.5. The van der Waals surface area contributed by atoms with Gasteiger partial charge in [0.1, 0.15) is 5.69 Å². The largest absolute Gasteiger partial charge is 0.370 e. The van der Waals surface area contributed by atoms with Crippen molar-refractivity contribution in [2.24, 2.45) is 5.41 Å². The molecule has 4 rings (SSSR count). The first-order valence-electron chi connectivity index (χ1n) is 12.1. The van der Waals surface area contributed by atoms with Crippen LogP contribution in [-0.2, 0) is 0 Å². The number of benzene rings is 1. The number of rotatable bonds is 6. The van der Waals surface area contributed by atoms with Crippen molar-refractivity contribution in [2.75, 3.05) is 29.9 Å². The first-order chi connectivity index (χ1) is 16.7. The lowest BCUT2D eigenvalue weighted by Crippen LogP contribution is -2.31. The Hall–Kier alpha value is -3.68. The van der Waals surface area contributed by atoms with Crippen molar-refractivity contribution in [3.8, 4) is 11.3 Å². The number of hydrogen-bond donors (Lipinski definition) is 2. The highest BCUT2D eigenvalue weighted by molar-refractivity contribution is 6.05. The molecule has 0 bridgehead atoms. The van der Waals surface area contributed by atoms with Gasteiger partial charge in [-0.1, -0.05) is 32.0 Å². The maximum atomic E-state index is 13.0. The highest BCUT2D eigenvalue weighted by Crippen LogP contribution is 2.27. The zero-order valence-electron chi connectivity index (χ0n) is 20.9. The summed E-state index contributed by atoms with van der Waals surface area (Å²) in [4.78, 5) is 32.0. The van der Waals surface area contributed by atoms with Crippen LogP contribution in [0.3, 0.4) is 0 Å². The molecule has 0 saturated carbocycles. The molecule has 0 spiro atoms. The molecule has 2 amide bonds. The fourth-order valence-corrected chi connectivity index (χ4v) is 4.00. The Morgan fingerprint density at radius 2 is 1.80 bits per heavy atom. The topological polar surface area (TPSA) is 100 Å². The Kier molecular flexibility index (Phi) is 7.19. The molecule has 3 heterocycles. The maximum Gasteiger partial charge on any atom is 0.289 e. The Morgan fingerprint density at radius 3 is 2.54 bits per heavy atom. The highest BCUT2D eigenvalue weighted by Gasteiger charge is 2.19. The second-order valence-electron chi connectivity index (χ2n) is 10.3. The van der Waals surface area contributed by atoms with Gasteiger partial charge < -0.3 is 20.1 Å². The van der Waals surface area contributed by atoms with E-state index >= 15 is 0 Å². The predicted molar refractivity (Wildman–Crippen MR) is 137 cm³/mol. The Bertz CT molecular complexity index is 1210. The van der Waals surface area contributed by atoms with E-state index in [9.17, 15) is 9.59 Å². The average Bonchev–Trinajstić information content (AvgIpc) is 3.34. The van der Waals surface area contributed by atoms with E-state index < -0.39 is 0 Å². The van der Waals surface area contributed by atoms with Gasteiger partial charge in [0.25, 0.3) is 11.8 Å². The minimum atomic E-state index is -0.304. The van der Waals surface area contributed by atoms with E-state index in [4.69, 9.17) is 4.52 Å². The van der Waals surface area contributed by atoms with Gasteiger partial charge in [0, 0.05) is 43.1 Å². The number of carbonyl (C=O) groups excluding carboxylic acids is 2. The second kappa shape index (κ2) is 10.3. The van der Waals surface area contributed by atoms with E-state index in [0.29, 0.717) is 23.5 Å². The van der Waals surface area contributed by atoms with Crippen molar-refractivity contribution < 1.29 is 14.1 Å². The molecule has 35 heavy (non-hydrogen) atoms. The Labute approximate surface area is 206 Å². The van der Waals surface area contributed by atoms with Crippen LogP contribution in [0, 0.1) is 12.3 Å². The molecule has 3 aromatic rings. The van der Waals surface area contributed by atoms with Crippen LogP contribution in [-0.4, -0.2) is 41.6 Å². The lowest BCUT2D eigenvalue weighted by Gasteiger charge is -2.28. The van der Waals surface area contributed by atoms with Gasteiger partial charge in [-0.3, -0.25) is 14.6 Å². The number of anilines is 2. The first-order valence-corrected chi connectivity index (χ1v) is 12.1. The van der Waals surface area contributed by atoms with Crippen LogP contribution < -0.4 is 15.5 Å². The standard InChI is InChI=1S/C27H33N5O3/c1-18-8-9-20(13-22(18)23-14-24(35-31-23)26(34)29-17-27(2,3)4)30-25(33)19-12-21(16-28-15-19)32-10-6-5-7-11-32/h8-9,12-16H,5-7,10-11,17H2,1-4H3,(H,29,34)(H,30,33). The molecule has 1 aromatic carbocycles. The summed E-state index contributed by atoms with van der Waals surface area (Å²) in [5, 5.41) is 9.91. The molecular weight excluding hydrogens is 442 g/mol. The molecule has 184 valence electrons. The monoisotopic (exact) mass is 475 g/mol. The van der Waals surface area contributed by atoms with Gasteiger partial charge in [0.05, 0.1) is 17.4 Å². The van der Waals surface area contributed by atoms with E-state index in [1.165, 1.54) is 6.42 Å². The first kappa shape index (κ1) is 24.4. The lowest BCUT2D eigenvalue weighted by molar-refractivity contribution is 0.0902. The van der Waals surface area contributed by atoms with Gasteiger partial charge in [-0.15, -0.1) is 0 Å². The Morgan fingerprint density at radius 1 is 1.03 bits per heavy atom. The van der Waals surface area contributed by atoms with Crippen molar-refractivity contribution in [3.63, 3.8) is 0 Å². The minimum absolute atomic E-state index is 0.0372. The van der Waals surface area contributed by atoms with Gasteiger partial charge in [-0.05, 0) is 55.4 Å². The van der Waals surface area contributed by atoms with E-state index in [0.717, 1.165) is 42.7 Å². The van der Waals surface area contributed by atoms with Crippen LogP contribution in [0.2, 0.25) is 0 Å². The van der Waals surface area contributed by atoms with E-state index in [1.807, 2.05) is 58.2 Å². The summed E-state index contributed by atoms with van der Waals surface area (Å²) in [7, 11) is 0. The van der Waals surface area contributed by atoms with E-state index in [-0.39, 0.29) is 23.0 Å². The van der Waals surface area contributed by atoms with Gasteiger partial charge in [0.15, 0.2) is 0 Å². The molecule has 0 radical (unpaired) electrons. The molecule has 0 aliphatic carbocycles. The van der Waals surface area contributed by atoms with Crippen LogP contribution in [0.5, 0.6) is 0 Å². The van der Waals surface area contributed by atoms with Crippen LogP contribution >= 0.6 is 0 Å². The van der Waals surface area contributed by atoms with Crippen molar-refractivity contribution >= 4 is 23.2 Å². The Balaban J connectivity index is 1.48. The van der Waals surface area contributed by atoms with Gasteiger partial charge in [-0.25, -0.2) is 0 Å². The SMILES string of the molecule is Cc1ccc(NC(=O)c2cncc(N3CCCCC3)c2)cc1-c1cc(C(=O)NCC(C)(C)C)on1. The van der Waals surface area contributed by atoms with Gasteiger partial charge in [0.2, 0.25) is 5.76 Å². The molecule has 1 saturated heterocycles. The summed E-state index contributed by atoms with van der Waals surface area (Å²) in [6.07, 6.45) is 6.95. The number of pyridine rings is 1. The third kappa shape index (κ3) is 6.26. The molecular formula is C27H33N5O3. The van der Waals surface area contributed by atoms with E-state index in [1.54, 1.807) is 12.3 Å². The third-order valence-electron chi connectivity index (χ3n) is 5.99. The number of piperidine rings is 1. The van der Waals surface area contributed by atoms with Crippen LogP contribution in [0.4, 0.5) is 11.4 Å². The number of carbonyl (C=O) groups is 2. The lowest BCUT2D eigenvalue weighted by atomic mass is 9.97. The van der Waals surface area contributed by atoms with Gasteiger partial charge in [-0.2, -0.15) is 0 Å². The summed E-state index contributed by atoms with van der Waals surface area (Å²) in [6.45, 7) is 10.6. The molecule has 8 heteroatoms. The van der Waals surface area contributed by atoms with Crippen molar-refractivity contribution in [1.29, 1.82) is 0 Å². The zero-order valence-corrected chi connectivity index (χ0v) is 20.9. The van der Waals surface area contributed by atoms with Crippen LogP contribution in [0.25, 0.3) is 11.3 Å². The predicted octanol–water partition coefficient (Wildman–Crippen LogP) is 5.06.